The van der Waals surface area contributed by atoms with E-state index in [1.807, 2.05) is 13.0 Å². The predicted octanol–water partition coefficient (Wildman–Crippen LogP) is 2.05. The Kier molecular flexibility index (Phi) is 5.70. The van der Waals surface area contributed by atoms with Gasteiger partial charge in [0.1, 0.15) is 0 Å². The second-order valence-corrected chi connectivity index (χ2v) is 5.62. The Morgan fingerprint density at radius 3 is 2.81 bits per heavy atom. The summed E-state index contributed by atoms with van der Waals surface area (Å²) >= 11 is 1.73. The lowest BCUT2D eigenvalue weighted by Crippen LogP contribution is -2.21. The molecule has 0 bridgehead atoms. The Hall–Kier alpha value is -1.93. The average Bonchev–Trinajstić information content (AvgIpc) is 2.97. The highest BCUT2D eigenvalue weighted by atomic mass is 32.1. The minimum atomic E-state index is 0.190. The fourth-order valence-corrected chi connectivity index (χ4v) is 2.58. The van der Waals surface area contributed by atoms with Crippen LogP contribution in [0.5, 0.6) is 6.01 Å². The number of nitrogens with one attached hydrogen (secondary N) is 2. The lowest BCUT2D eigenvalue weighted by molar-refractivity contribution is 0.292. The van der Waals surface area contributed by atoms with Gasteiger partial charge in [0.15, 0.2) is 0 Å². The molecule has 0 fully saturated rings. The number of anilines is 2. The van der Waals surface area contributed by atoms with Crippen molar-refractivity contribution in [3.8, 4) is 6.01 Å². The lowest BCUT2D eigenvalue weighted by Gasteiger charge is -2.14. The van der Waals surface area contributed by atoms with E-state index in [2.05, 4.69) is 44.1 Å². The monoisotopic (exact) mass is 308 g/mol. The summed E-state index contributed by atoms with van der Waals surface area (Å²) in [4.78, 5) is 13.8. The van der Waals surface area contributed by atoms with Gasteiger partial charge in [-0.15, -0.1) is 11.3 Å². The number of thiophene rings is 1. The summed E-state index contributed by atoms with van der Waals surface area (Å²) in [5.41, 5.74) is 2.42. The molecule has 8 heteroatoms. The van der Waals surface area contributed by atoms with Crippen LogP contribution < -0.4 is 21.3 Å². The van der Waals surface area contributed by atoms with Gasteiger partial charge in [-0.2, -0.15) is 15.0 Å². The summed E-state index contributed by atoms with van der Waals surface area (Å²) in [5, 5.41) is 5.31. The van der Waals surface area contributed by atoms with Crippen molar-refractivity contribution in [1.82, 2.24) is 15.0 Å². The van der Waals surface area contributed by atoms with E-state index < -0.39 is 0 Å². The minimum Gasteiger partial charge on any atom is -0.463 e. The van der Waals surface area contributed by atoms with E-state index in [1.54, 1.807) is 11.3 Å². The Bertz CT molecular complexity index is 548. The van der Waals surface area contributed by atoms with Crippen LogP contribution in [-0.4, -0.2) is 27.6 Å². The van der Waals surface area contributed by atoms with Gasteiger partial charge in [0.05, 0.1) is 6.61 Å². The molecule has 0 amide bonds. The maximum absolute atomic E-state index is 5.43. The van der Waals surface area contributed by atoms with Crippen LogP contribution in [-0.2, 0) is 6.42 Å². The highest BCUT2D eigenvalue weighted by molar-refractivity contribution is 7.09. The molecule has 4 N–H and O–H groups in total. The number of hydrazine groups is 1. The smallest absolute Gasteiger partial charge is 0.323 e. The van der Waals surface area contributed by atoms with Crippen LogP contribution >= 0.6 is 11.3 Å². The third-order valence-corrected chi connectivity index (χ3v) is 3.54. The van der Waals surface area contributed by atoms with Crippen LogP contribution in [0.4, 0.5) is 11.9 Å². The summed E-state index contributed by atoms with van der Waals surface area (Å²) in [6, 6.07) is 4.61. The van der Waals surface area contributed by atoms with Gasteiger partial charge in [-0.1, -0.05) is 13.0 Å². The van der Waals surface area contributed by atoms with Crippen molar-refractivity contribution in [2.24, 2.45) is 5.84 Å². The van der Waals surface area contributed by atoms with Gasteiger partial charge in [0.2, 0.25) is 11.9 Å². The van der Waals surface area contributed by atoms with Crippen molar-refractivity contribution >= 4 is 23.2 Å². The molecule has 0 saturated carbocycles. The van der Waals surface area contributed by atoms with E-state index in [9.17, 15) is 0 Å². The van der Waals surface area contributed by atoms with Crippen molar-refractivity contribution in [3.05, 3.63) is 22.4 Å². The molecule has 7 nitrogen and oxygen atoms in total. The minimum absolute atomic E-state index is 0.190. The molecule has 2 aromatic heterocycles. The fourth-order valence-electron chi connectivity index (χ4n) is 1.75. The molecule has 2 aromatic rings. The van der Waals surface area contributed by atoms with Crippen molar-refractivity contribution < 1.29 is 4.74 Å². The molecule has 0 saturated heterocycles. The SMILES string of the molecule is CCCOc1nc(NN)nc(NC(C)Cc2cccs2)n1. The van der Waals surface area contributed by atoms with Crippen molar-refractivity contribution in [1.29, 1.82) is 0 Å². The lowest BCUT2D eigenvalue weighted by atomic mass is 10.2. The number of nitrogens with two attached hydrogens (primary N) is 1. The Labute approximate surface area is 128 Å². The van der Waals surface area contributed by atoms with Crippen LogP contribution in [0, 0.1) is 0 Å². The standard InChI is InChI=1S/C13H20N6OS/c1-3-6-20-13-17-11(16-12(18-13)19-14)15-9(2)8-10-5-4-7-21-10/h4-5,7,9H,3,6,8,14H2,1-2H3,(H2,15,16,17,18,19). The third kappa shape index (κ3) is 4.83. The molecule has 0 spiro atoms. The second-order valence-electron chi connectivity index (χ2n) is 4.59. The van der Waals surface area contributed by atoms with Gasteiger partial charge in [-0.25, -0.2) is 5.84 Å². The average molecular weight is 308 g/mol. The Morgan fingerprint density at radius 2 is 2.14 bits per heavy atom. The highest BCUT2D eigenvalue weighted by Gasteiger charge is 2.10. The zero-order chi connectivity index (χ0) is 15.1. The molecule has 0 aromatic carbocycles. The normalized spacial score (nSPS) is 12.0. The number of hydrogen-bond donors (Lipinski definition) is 3. The van der Waals surface area contributed by atoms with Crippen LogP contribution in [0.15, 0.2) is 17.5 Å². The molecule has 0 aliphatic heterocycles. The van der Waals surface area contributed by atoms with Gasteiger partial charge in [-0.3, -0.25) is 5.43 Å². The first kappa shape index (κ1) is 15.5. The van der Waals surface area contributed by atoms with E-state index >= 15 is 0 Å². The van der Waals surface area contributed by atoms with E-state index in [0.29, 0.717) is 12.6 Å². The van der Waals surface area contributed by atoms with E-state index in [4.69, 9.17) is 10.6 Å². The molecule has 0 aliphatic carbocycles. The quantitative estimate of drug-likeness (QED) is 0.507. The largest absolute Gasteiger partial charge is 0.463 e. The third-order valence-electron chi connectivity index (χ3n) is 2.64. The number of nitrogens with zero attached hydrogens (tertiary/aromatic N) is 3. The number of aromatic nitrogens is 3. The maximum atomic E-state index is 5.43. The highest BCUT2D eigenvalue weighted by Crippen LogP contribution is 2.15. The second kappa shape index (κ2) is 7.75. The van der Waals surface area contributed by atoms with Crippen LogP contribution in [0.2, 0.25) is 0 Å². The topological polar surface area (TPSA) is 98.0 Å². The molecular weight excluding hydrogens is 288 g/mol. The summed E-state index contributed by atoms with van der Waals surface area (Å²) in [6.07, 6.45) is 1.79. The first-order valence-corrected chi connectivity index (χ1v) is 7.73. The number of rotatable bonds is 8. The zero-order valence-corrected chi connectivity index (χ0v) is 13.0. The molecule has 1 unspecified atom stereocenters. The predicted molar refractivity (Wildman–Crippen MR) is 84.5 cm³/mol. The summed E-state index contributed by atoms with van der Waals surface area (Å²) in [5.74, 6) is 6.10. The molecule has 0 radical (unpaired) electrons. The fraction of sp³-hybridized carbons (Fsp3) is 0.462. The van der Waals surface area contributed by atoms with Gasteiger partial charge < -0.3 is 10.1 Å². The van der Waals surface area contributed by atoms with Crippen LogP contribution in [0.25, 0.3) is 0 Å². The zero-order valence-electron chi connectivity index (χ0n) is 12.2. The van der Waals surface area contributed by atoms with Gasteiger partial charge in [0, 0.05) is 17.3 Å². The molecule has 2 heterocycles. The van der Waals surface area contributed by atoms with E-state index in [0.717, 1.165) is 12.8 Å². The van der Waals surface area contributed by atoms with Crippen molar-refractivity contribution in [2.45, 2.75) is 32.7 Å². The molecular formula is C13H20N6OS. The van der Waals surface area contributed by atoms with E-state index in [-0.39, 0.29) is 18.0 Å². The number of nitrogen functional groups attached to an aromatic ring is 1. The molecule has 21 heavy (non-hydrogen) atoms. The Morgan fingerprint density at radius 1 is 1.33 bits per heavy atom. The van der Waals surface area contributed by atoms with Crippen LogP contribution in [0.3, 0.4) is 0 Å². The number of hydrogen-bond acceptors (Lipinski definition) is 8. The van der Waals surface area contributed by atoms with E-state index in [1.165, 1.54) is 4.88 Å². The summed E-state index contributed by atoms with van der Waals surface area (Å²) < 4.78 is 5.43. The molecule has 2 rings (SSSR count). The number of ether oxygens (including phenoxy) is 1. The van der Waals surface area contributed by atoms with Crippen LogP contribution in [0.1, 0.15) is 25.1 Å². The Balaban J connectivity index is 2.03. The van der Waals surface area contributed by atoms with Gasteiger partial charge in [-0.05, 0) is 24.8 Å². The molecule has 1 atom stereocenters. The van der Waals surface area contributed by atoms with Crippen molar-refractivity contribution in [3.63, 3.8) is 0 Å². The molecule has 114 valence electrons. The summed E-state index contributed by atoms with van der Waals surface area (Å²) in [6.45, 7) is 4.65. The van der Waals surface area contributed by atoms with Crippen molar-refractivity contribution in [2.75, 3.05) is 17.3 Å². The first-order chi connectivity index (χ1) is 10.2. The van der Waals surface area contributed by atoms with Gasteiger partial charge in [0.25, 0.3) is 0 Å². The summed E-state index contributed by atoms with van der Waals surface area (Å²) in [7, 11) is 0. The molecule has 0 aliphatic rings. The maximum Gasteiger partial charge on any atom is 0.323 e. The first-order valence-electron chi connectivity index (χ1n) is 6.85. The van der Waals surface area contributed by atoms with Gasteiger partial charge >= 0.3 is 6.01 Å².